The summed E-state index contributed by atoms with van der Waals surface area (Å²) in [4.78, 5) is 26.7. The summed E-state index contributed by atoms with van der Waals surface area (Å²) in [5, 5.41) is 0. The van der Waals surface area contributed by atoms with Crippen molar-refractivity contribution in [2.75, 3.05) is 13.1 Å². The molecule has 1 amide bonds. The van der Waals surface area contributed by atoms with Gasteiger partial charge in [0.15, 0.2) is 5.78 Å². The maximum absolute atomic E-state index is 12.9. The second kappa shape index (κ2) is 7.82. The number of ketones is 1. The zero-order valence-corrected chi connectivity index (χ0v) is 16.0. The lowest BCUT2D eigenvalue weighted by Crippen LogP contribution is -2.35. The summed E-state index contributed by atoms with van der Waals surface area (Å²) < 4.78 is 11.2. The van der Waals surface area contributed by atoms with Crippen molar-refractivity contribution < 1.29 is 19.1 Å². The predicted molar refractivity (Wildman–Crippen MR) is 103 cm³/mol. The number of para-hydroxylation sites is 1. The van der Waals surface area contributed by atoms with Crippen molar-refractivity contribution in [3.05, 3.63) is 60.2 Å². The van der Waals surface area contributed by atoms with Crippen LogP contribution >= 0.6 is 0 Å². The average Bonchev–Trinajstić information content (AvgIpc) is 3.11. The molecule has 27 heavy (non-hydrogen) atoms. The van der Waals surface area contributed by atoms with Crippen LogP contribution in [0.2, 0.25) is 0 Å². The lowest BCUT2D eigenvalue weighted by molar-refractivity contribution is 0.0289. The van der Waals surface area contributed by atoms with Gasteiger partial charge in [-0.05, 0) is 51.5 Å². The number of carbonyl (C=O) groups is 2. The summed E-state index contributed by atoms with van der Waals surface area (Å²) in [6, 6.07) is 16.6. The predicted octanol–water partition coefficient (Wildman–Crippen LogP) is 4.92. The monoisotopic (exact) mass is 367 g/mol. The van der Waals surface area contributed by atoms with Crippen molar-refractivity contribution in [1.29, 1.82) is 0 Å². The average molecular weight is 367 g/mol. The molecule has 0 spiro atoms. The number of hydrogen-bond acceptors (Lipinski definition) is 4. The second-order valence-corrected chi connectivity index (χ2v) is 7.72. The Bertz CT molecular complexity index is 811. The molecule has 1 unspecified atom stereocenters. The van der Waals surface area contributed by atoms with Crippen LogP contribution in [0.15, 0.2) is 54.6 Å². The van der Waals surface area contributed by atoms with Gasteiger partial charge in [-0.15, -0.1) is 0 Å². The molecule has 3 rings (SSSR count). The highest BCUT2D eigenvalue weighted by Crippen LogP contribution is 2.26. The van der Waals surface area contributed by atoms with Crippen molar-refractivity contribution in [3.63, 3.8) is 0 Å². The lowest BCUT2D eigenvalue weighted by Gasteiger charge is -2.24. The van der Waals surface area contributed by atoms with E-state index in [1.165, 1.54) is 0 Å². The maximum Gasteiger partial charge on any atom is 0.410 e. The molecule has 2 aromatic rings. The van der Waals surface area contributed by atoms with Crippen LogP contribution in [0, 0.1) is 5.92 Å². The molecular formula is C22H25NO4. The highest BCUT2D eigenvalue weighted by molar-refractivity contribution is 5.98. The minimum absolute atomic E-state index is 0.0274. The molecular weight excluding hydrogens is 342 g/mol. The van der Waals surface area contributed by atoms with Gasteiger partial charge in [-0.1, -0.05) is 30.3 Å². The Balaban J connectivity index is 1.64. The van der Waals surface area contributed by atoms with Crippen molar-refractivity contribution in [3.8, 4) is 11.5 Å². The quantitative estimate of drug-likeness (QED) is 0.720. The van der Waals surface area contributed by atoms with Crippen molar-refractivity contribution in [1.82, 2.24) is 4.90 Å². The standard InChI is InChI=1S/C22H25NO4/c1-22(2,3)27-21(25)23-13-12-17(15-23)20(24)16-8-7-11-19(14-16)26-18-9-5-4-6-10-18/h4-11,14,17H,12-13,15H2,1-3H3. The largest absolute Gasteiger partial charge is 0.457 e. The summed E-state index contributed by atoms with van der Waals surface area (Å²) >= 11 is 0. The normalized spacial score (nSPS) is 16.9. The summed E-state index contributed by atoms with van der Waals surface area (Å²) in [6.45, 7) is 6.43. The number of rotatable bonds is 4. The SMILES string of the molecule is CC(C)(C)OC(=O)N1CCC(C(=O)c2cccc(Oc3ccccc3)c2)C1. The zero-order valence-electron chi connectivity index (χ0n) is 16.0. The number of likely N-dealkylation sites (tertiary alicyclic amines) is 1. The second-order valence-electron chi connectivity index (χ2n) is 7.72. The van der Waals surface area contributed by atoms with Crippen LogP contribution in [0.5, 0.6) is 11.5 Å². The summed E-state index contributed by atoms with van der Waals surface area (Å²) in [6.07, 6.45) is 0.279. The summed E-state index contributed by atoms with van der Waals surface area (Å²) in [7, 11) is 0. The first-order valence-electron chi connectivity index (χ1n) is 9.17. The smallest absolute Gasteiger partial charge is 0.410 e. The molecule has 1 fully saturated rings. The van der Waals surface area contributed by atoms with Gasteiger partial charge in [-0.25, -0.2) is 4.79 Å². The fourth-order valence-corrected chi connectivity index (χ4v) is 3.04. The number of nitrogens with zero attached hydrogens (tertiary/aromatic N) is 1. The Hall–Kier alpha value is -2.82. The van der Waals surface area contributed by atoms with E-state index in [1.807, 2.05) is 63.2 Å². The topological polar surface area (TPSA) is 55.8 Å². The highest BCUT2D eigenvalue weighted by atomic mass is 16.6. The first kappa shape index (κ1) is 19.0. The molecule has 1 aliphatic heterocycles. The molecule has 0 radical (unpaired) electrons. The first-order chi connectivity index (χ1) is 12.8. The molecule has 0 aliphatic carbocycles. The van der Waals surface area contributed by atoms with E-state index in [9.17, 15) is 9.59 Å². The van der Waals surface area contributed by atoms with Gasteiger partial charge in [-0.2, -0.15) is 0 Å². The molecule has 5 nitrogen and oxygen atoms in total. The van der Waals surface area contributed by atoms with Crippen LogP contribution in [0.4, 0.5) is 4.79 Å². The van der Waals surface area contributed by atoms with Gasteiger partial charge in [0.1, 0.15) is 17.1 Å². The van der Waals surface area contributed by atoms with E-state index in [1.54, 1.807) is 17.0 Å². The number of carbonyl (C=O) groups excluding carboxylic acids is 2. The van der Waals surface area contributed by atoms with E-state index >= 15 is 0 Å². The molecule has 0 saturated carbocycles. The molecule has 5 heteroatoms. The molecule has 1 aliphatic rings. The van der Waals surface area contributed by atoms with Gasteiger partial charge in [0.05, 0.1) is 0 Å². The molecule has 2 aromatic carbocycles. The molecule has 1 heterocycles. The Morgan fingerprint density at radius 3 is 2.41 bits per heavy atom. The van der Waals surface area contributed by atoms with Crippen LogP contribution in [0.1, 0.15) is 37.6 Å². The summed E-state index contributed by atoms with van der Waals surface area (Å²) in [5.74, 6) is 1.15. The fraction of sp³-hybridized carbons (Fsp3) is 0.364. The Labute approximate surface area is 159 Å². The van der Waals surface area contributed by atoms with Gasteiger partial charge in [0.2, 0.25) is 0 Å². The van der Waals surface area contributed by atoms with E-state index in [0.717, 1.165) is 5.75 Å². The number of Topliss-reactive ketones (excluding diaryl/α,β-unsaturated/α-hetero) is 1. The van der Waals surface area contributed by atoms with E-state index in [-0.39, 0.29) is 17.8 Å². The van der Waals surface area contributed by atoms with Crippen LogP contribution in [-0.2, 0) is 4.74 Å². The number of benzene rings is 2. The van der Waals surface area contributed by atoms with Gasteiger partial charge < -0.3 is 14.4 Å². The van der Waals surface area contributed by atoms with Gasteiger partial charge >= 0.3 is 6.09 Å². The number of amides is 1. The molecule has 0 aromatic heterocycles. The number of hydrogen-bond donors (Lipinski definition) is 0. The van der Waals surface area contributed by atoms with Crippen LogP contribution in [0.3, 0.4) is 0 Å². The Morgan fingerprint density at radius 2 is 1.70 bits per heavy atom. The summed E-state index contributed by atoms with van der Waals surface area (Å²) in [5.41, 5.74) is 0.0573. The van der Waals surface area contributed by atoms with E-state index < -0.39 is 5.60 Å². The molecule has 142 valence electrons. The minimum Gasteiger partial charge on any atom is -0.457 e. The van der Waals surface area contributed by atoms with Gasteiger partial charge in [0, 0.05) is 24.6 Å². The Kier molecular flexibility index (Phi) is 5.49. The Morgan fingerprint density at radius 1 is 1.00 bits per heavy atom. The molecule has 1 saturated heterocycles. The third-order valence-corrected chi connectivity index (χ3v) is 4.31. The van der Waals surface area contributed by atoms with E-state index in [4.69, 9.17) is 9.47 Å². The molecule has 0 bridgehead atoms. The number of ether oxygens (including phenoxy) is 2. The fourth-order valence-electron chi connectivity index (χ4n) is 3.04. The van der Waals surface area contributed by atoms with Crippen LogP contribution < -0.4 is 4.74 Å². The maximum atomic E-state index is 12.9. The van der Waals surface area contributed by atoms with E-state index in [0.29, 0.717) is 30.8 Å². The zero-order chi connectivity index (χ0) is 19.4. The lowest BCUT2D eigenvalue weighted by atomic mass is 9.97. The van der Waals surface area contributed by atoms with Crippen molar-refractivity contribution in [2.24, 2.45) is 5.92 Å². The van der Waals surface area contributed by atoms with E-state index in [2.05, 4.69) is 0 Å². The highest BCUT2D eigenvalue weighted by Gasteiger charge is 2.33. The first-order valence-corrected chi connectivity index (χ1v) is 9.17. The minimum atomic E-state index is -0.539. The van der Waals surface area contributed by atoms with Crippen molar-refractivity contribution >= 4 is 11.9 Å². The van der Waals surface area contributed by atoms with Gasteiger partial charge in [0.25, 0.3) is 0 Å². The van der Waals surface area contributed by atoms with Crippen molar-refractivity contribution in [2.45, 2.75) is 32.8 Å². The van der Waals surface area contributed by atoms with Crippen LogP contribution in [0.25, 0.3) is 0 Å². The van der Waals surface area contributed by atoms with Gasteiger partial charge in [-0.3, -0.25) is 4.79 Å². The molecule has 0 N–H and O–H groups in total. The van der Waals surface area contributed by atoms with Crippen LogP contribution in [-0.4, -0.2) is 35.5 Å². The third-order valence-electron chi connectivity index (χ3n) is 4.31. The third kappa shape index (κ3) is 5.09. The molecule has 1 atom stereocenters.